The van der Waals surface area contributed by atoms with Crippen LogP contribution in [0.5, 0.6) is 5.75 Å². The number of ether oxygens (including phenoxy) is 1. The second kappa shape index (κ2) is 5.42. The average molecular weight is 247 g/mol. The Kier molecular flexibility index (Phi) is 3.90. The fourth-order valence-electron chi connectivity index (χ4n) is 2.59. The predicted octanol–water partition coefficient (Wildman–Crippen LogP) is 3.43. The van der Waals surface area contributed by atoms with Crippen LogP contribution in [0.1, 0.15) is 49.9 Å². The molecule has 1 aliphatic carbocycles. The number of anilines is 1. The lowest BCUT2D eigenvalue weighted by molar-refractivity contribution is 0.0993. The summed E-state index contributed by atoms with van der Waals surface area (Å²) < 4.78 is 6.00. The third-order valence-electron chi connectivity index (χ3n) is 3.56. The first kappa shape index (κ1) is 12.9. The summed E-state index contributed by atoms with van der Waals surface area (Å²) in [7, 11) is 0. The van der Waals surface area contributed by atoms with Crippen molar-refractivity contribution < 1.29 is 9.53 Å². The first-order valence-electron chi connectivity index (χ1n) is 6.63. The molecule has 0 amide bonds. The van der Waals surface area contributed by atoms with Gasteiger partial charge in [0.05, 0.1) is 11.7 Å². The lowest BCUT2D eigenvalue weighted by Crippen LogP contribution is -2.24. The highest BCUT2D eigenvalue weighted by Crippen LogP contribution is 2.30. The number of nitrogens with two attached hydrogens (primary N) is 1. The Labute approximate surface area is 108 Å². The molecule has 1 fully saturated rings. The molecule has 2 unspecified atom stereocenters. The first-order valence-corrected chi connectivity index (χ1v) is 6.63. The van der Waals surface area contributed by atoms with Gasteiger partial charge in [-0.15, -0.1) is 0 Å². The average Bonchev–Trinajstić information content (AvgIpc) is 2.31. The smallest absolute Gasteiger partial charge is 0.163 e. The van der Waals surface area contributed by atoms with Crippen molar-refractivity contribution in [3.05, 3.63) is 23.8 Å². The summed E-state index contributed by atoms with van der Waals surface area (Å²) in [5, 5.41) is 0. The van der Waals surface area contributed by atoms with Gasteiger partial charge in [-0.25, -0.2) is 0 Å². The molecule has 98 valence electrons. The Hall–Kier alpha value is -1.51. The van der Waals surface area contributed by atoms with Gasteiger partial charge in [0.2, 0.25) is 0 Å². The van der Waals surface area contributed by atoms with Gasteiger partial charge in [0.15, 0.2) is 5.78 Å². The van der Waals surface area contributed by atoms with E-state index in [1.54, 1.807) is 19.1 Å². The molecule has 0 heterocycles. The van der Waals surface area contributed by atoms with Crippen LogP contribution >= 0.6 is 0 Å². The van der Waals surface area contributed by atoms with Crippen LogP contribution in [0.2, 0.25) is 0 Å². The summed E-state index contributed by atoms with van der Waals surface area (Å²) in [5.41, 5.74) is 6.91. The predicted molar refractivity (Wildman–Crippen MR) is 72.9 cm³/mol. The van der Waals surface area contributed by atoms with Crippen molar-refractivity contribution in [2.75, 3.05) is 5.73 Å². The molecule has 1 saturated carbocycles. The monoisotopic (exact) mass is 247 g/mol. The third kappa shape index (κ3) is 3.03. The number of ketones is 1. The van der Waals surface area contributed by atoms with Crippen LogP contribution in [0.3, 0.4) is 0 Å². The topological polar surface area (TPSA) is 52.3 Å². The Morgan fingerprint density at radius 2 is 2.17 bits per heavy atom. The second-order valence-corrected chi connectivity index (χ2v) is 5.32. The molecule has 0 radical (unpaired) electrons. The van der Waals surface area contributed by atoms with Gasteiger partial charge in [-0.1, -0.05) is 13.3 Å². The molecule has 1 aromatic rings. The highest BCUT2D eigenvalue weighted by Gasteiger charge is 2.21. The third-order valence-corrected chi connectivity index (χ3v) is 3.56. The van der Waals surface area contributed by atoms with E-state index in [1.165, 1.54) is 12.8 Å². The summed E-state index contributed by atoms with van der Waals surface area (Å²) in [6.45, 7) is 3.80. The van der Waals surface area contributed by atoms with Gasteiger partial charge in [-0.05, 0) is 50.3 Å². The molecule has 0 aromatic heterocycles. The molecular weight excluding hydrogens is 226 g/mol. The van der Waals surface area contributed by atoms with E-state index in [0.717, 1.165) is 12.8 Å². The summed E-state index contributed by atoms with van der Waals surface area (Å²) >= 11 is 0. The molecule has 2 atom stereocenters. The van der Waals surface area contributed by atoms with E-state index in [9.17, 15) is 4.79 Å². The molecule has 2 rings (SSSR count). The van der Waals surface area contributed by atoms with Crippen LogP contribution in [-0.4, -0.2) is 11.9 Å². The van der Waals surface area contributed by atoms with Gasteiger partial charge in [0.1, 0.15) is 5.75 Å². The lowest BCUT2D eigenvalue weighted by atomic mass is 9.88. The van der Waals surface area contributed by atoms with Crippen LogP contribution < -0.4 is 10.5 Å². The number of Topliss-reactive ketones (excluding diaryl/α,β-unsaturated/α-hetero) is 1. The zero-order valence-electron chi connectivity index (χ0n) is 11.1. The van der Waals surface area contributed by atoms with Gasteiger partial charge >= 0.3 is 0 Å². The SMILES string of the molecule is CC(=O)c1cc(N)ccc1OC1CCCC(C)C1. The minimum Gasteiger partial charge on any atom is -0.490 e. The van der Waals surface area contributed by atoms with Crippen LogP contribution in [0.4, 0.5) is 5.69 Å². The van der Waals surface area contributed by atoms with E-state index in [2.05, 4.69) is 6.92 Å². The summed E-state index contributed by atoms with van der Waals surface area (Å²) in [6.07, 6.45) is 4.86. The second-order valence-electron chi connectivity index (χ2n) is 5.32. The standard InChI is InChI=1S/C15H21NO2/c1-10-4-3-5-13(8-10)18-15-7-6-12(16)9-14(15)11(2)17/h6-7,9-10,13H,3-5,8,16H2,1-2H3. The first-order chi connectivity index (χ1) is 8.56. The molecule has 1 aromatic carbocycles. The van der Waals surface area contributed by atoms with Gasteiger partial charge in [-0.2, -0.15) is 0 Å². The number of hydrogen-bond donors (Lipinski definition) is 1. The minimum atomic E-state index is 0.00107. The fraction of sp³-hybridized carbons (Fsp3) is 0.533. The summed E-state index contributed by atoms with van der Waals surface area (Å²) in [6, 6.07) is 5.29. The maximum Gasteiger partial charge on any atom is 0.163 e. The van der Waals surface area contributed by atoms with E-state index in [-0.39, 0.29) is 11.9 Å². The fourth-order valence-corrected chi connectivity index (χ4v) is 2.59. The van der Waals surface area contributed by atoms with Crippen molar-refractivity contribution in [1.29, 1.82) is 0 Å². The zero-order valence-corrected chi connectivity index (χ0v) is 11.1. The summed E-state index contributed by atoms with van der Waals surface area (Å²) in [4.78, 5) is 11.6. The highest BCUT2D eigenvalue weighted by molar-refractivity contribution is 5.97. The largest absolute Gasteiger partial charge is 0.490 e. The molecule has 2 N–H and O–H groups in total. The zero-order chi connectivity index (χ0) is 13.1. The molecule has 0 saturated heterocycles. The lowest BCUT2D eigenvalue weighted by Gasteiger charge is -2.28. The van der Waals surface area contributed by atoms with Crippen LogP contribution in [-0.2, 0) is 0 Å². The maximum atomic E-state index is 11.6. The molecule has 1 aliphatic rings. The van der Waals surface area contributed by atoms with Gasteiger partial charge in [0, 0.05) is 5.69 Å². The normalized spacial score (nSPS) is 23.7. The van der Waals surface area contributed by atoms with Gasteiger partial charge in [-0.3, -0.25) is 4.79 Å². The van der Waals surface area contributed by atoms with E-state index in [1.807, 2.05) is 6.07 Å². The van der Waals surface area contributed by atoms with Crippen LogP contribution in [0.25, 0.3) is 0 Å². The number of rotatable bonds is 3. The van der Waals surface area contributed by atoms with Crippen molar-refractivity contribution in [3.63, 3.8) is 0 Å². The Morgan fingerprint density at radius 1 is 1.39 bits per heavy atom. The molecule has 3 heteroatoms. The van der Waals surface area contributed by atoms with E-state index < -0.39 is 0 Å². The van der Waals surface area contributed by atoms with Gasteiger partial charge in [0.25, 0.3) is 0 Å². The van der Waals surface area contributed by atoms with Crippen LogP contribution in [0.15, 0.2) is 18.2 Å². The quantitative estimate of drug-likeness (QED) is 0.657. The number of carbonyl (C=O) groups excluding carboxylic acids is 1. The molecule has 0 aliphatic heterocycles. The van der Waals surface area contributed by atoms with Crippen molar-refractivity contribution >= 4 is 11.5 Å². The van der Waals surface area contributed by atoms with E-state index >= 15 is 0 Å². The Bertz CT molecular complexity index is 442. The van der Waals surface area contributed by atoms with E-state index in [4.69, 9.17) is 10.5 Å². The van der Waals surface area contributed by atoms with E-state index in [0.29, 0.717) is 22.9 Å². The van der Waals surface area contributed by atoms with Gasteiger partial charge < -0.3 is 10.5 Å². The number of nitrogen functional groups attached to an aromatic ring is 1. The molecule has 0 spiro atoms. The van der Waals surface area contributed by atoms with Crippen molar-refractivity contribution in [2.24, 2.45) is 5.92 Å². The molecule has 3 nitrogen and oxygen atoms in total. The highest BCUT2D eigenvalue weighted by atomic mass is 16.5. The summed E-state index contributed by atoms with van der Waals surface area (Å²) in [5.74, 6) is 1.38. The van der Waals surface area contributed by atoms with Crippen LogP contribution in [0, 0.1) is 5.92 Å². The maximum absolute atomic E-state index is 11.6. The minimum absolute atomic E-state index is 0.00107. The number of carbonyl (C=O) groups is 1. The Balaban J connectivity index is 2.15. The van der Waals surface area contributed by atoms with Crippen molar-refractivity contribution in [1.82, 2.24) is 0 Å². The molecule has 18 heavy (non-hydrogen) atoms. The number of benzene rings is 1. The molecular formula is C15H21NO2. The molecule has 0 bridgehead atoms. The number of hydrogen-bond acceptors (Lipinski definition) is 3. The van der Waals surface area contributed by atoms with Crippen molar-refractivity contribution in [2.45, 2.75) is 45.6 Å². The Morgan fingerprint density at radius 3 is 2.83 bits per heavy atom. The van der Waals surface area contributed by atoms with Crippen molar-refractivity contribution in [3.8, 4) is 5.75 Å².